The van der Waals surface area contributed by atoms with Crippen molar-refractivity contribution in [3.8, 4) is 23.5 Å². The number of carbonyl (C=O) groups excluding carboxylic acids is 1. The molecule has 0 bridgehead atoms. The molecule has 16 nitrogen and oxygen atoms in total. The summed E-state index contributed by atoms with van der Waals surface area (Å²) in [6, 6.07) is 10.8. The Bertz CT molecular complexity index is 2230. The molecule has 4 aromatic rings. The highest BCUT2D eigenvalue weighted by Crippen LogP contribution is 2.36. The summed E-state index contributed by atoms with van der Waals surface area (Å²) < 4.78 is 146. The van der Waals surface area contributed by atoms with E-state index in [1.807, 2.05) is 4.72 Å². The van der Waals surface area contributed by atoms with E-state index in [1.54, 1.807) is 4.72 Å². The van der Waals surface area contributed by atoms with E-state index in [-0.39, 0.29) is 60.8 Å². The summed E-state index contributed by atoms with van der Waals surface area (Å²) in [5.41, 5.74) is -0.988. The highest BCUT2D eigenvalue weighted by molar-refractivity contribution is 9.11. The van der Waals surface area contributed by atoms with Crippen molar-refractivity contribution in [2.24, 2.45) is 0 Å². The highest BCUT2D eigenvalue weighted by atomic mass is 79.9. The molecule has 2 heterocycles. The Labute approximate surface area is 331 Å². The van der Waals surface area contributed by atoms with Gasteiger partial charge in [0.15, 0.2) is 17.3 Å². The van der Waals surface area contributed by atoms with E-state index in [9.17, 15) is 53.1 Å². The number of rotatable bonds is 14. The van der Waals surface area contributed by atoms with Crippen molar-refractivity contribution in [1.82, 2.24) is 19.9 Å². The van der Waals surface area contributed by atoms with Crippen molar-refractivity contribution in [2.45, 2.75) is 18.5 Å². The lowest BCUT2D eigenvalue weighted by atomic mass is 10.1. The van der Waals surface area contributed by atoms with Crippen LogP contribution in [0.4, 0.5) is 37.7 Å². The van der Waals surface area contributed by atoms with Gasteiger partial charge in [-0.1, -0.05) is 18.2 Å². The monoisotopic (exact) mass is 968 g/mol. The zero-order valence-electron chi connectivity index (χ0n) is 28.9. The molecule has 2 aromatic heterocycles. The summed E-state index contributed by atoms with van der Waals surface area (Å²) >= 11 is 6.09. The standard InChI is InChI=1S/C15H15BrF3N3O5S.C15H13BrF3N3O5S/c2*1-26-10-6-11(27-2)21-14(20-10)13(23)8-4-3-5-9(16)12(8)22-28(24,25)7-15(17,18)19/h3-6,13,22-23H,7H2,1-2H3;3-6,22H,7H2,1-2H3. The summed E-state index contributed by atoms with van der Waals surface area (Å²) in [5.74, 6) is -5.52. The van der Waals surface area contributed by atoms with Crippen LogP contribution in [0.15, 0.2) is 57.5 Å². The lowest BCUT2D eigenvalue weighted by molar-refractivity contribution is -0.107. The number of sulfonamides is 2. The molecule has 1 atom stereocenters. The summed E-state index contributed by atoms with van der Waals surface area (Å²) in [6.07, 6.45) is -11.5. The number of nitrogens with one attached hydrogen (secondary N) is 2. The van der Waals surface area contributed by atoms with Gasteiger partial charge in [-0.15, -0.1) is 0 Å². The van der Waals surface area contributed by atoms with Gasteiger partial charge < -0.3 is 24.1 Å². The third-order valence-corrected chi connectivity index (χ3v) is 10.2. The maximum atomic E-state index is 12.8. The minimum absolute atomic E-state index is 0.00407. The van der Waals surface area contributed by atoms with Crippen LogP contribution in [0.25, 0.3) is 0 Å². The molecule has 0 saturated carbocycles. The Kier molecular flexibility index (Phi) is 15.2. The van der Waals surface area contributed by atoms with Gasteiger partial charge in [-0.25, -0.2) is 16.8 Å². The van der Waals surface area contributed by atoms with Gasteiger partial charge in [0.2, 0.25) is 55.2 Å². The first-order valence-corrected chi connectivity index (χ1v) is 19.7. The molecule has 3 N–H and O–H groups in total. The van der Waals surface area contributed by atoms with Gasteiger partial charge >= 0.3 is 12.4 Å². The normalized spacial score (nSPS) is 12.4. The van der Waals surface area contributed by atoms with Crippen molar-refractivity contribution < 1.29 is 72.0 Å². The fourth-order valence-electron chi connectivity index (χ4n) is 4.23. The molecule has 0 aliphatic rings. The van der Waals surface area contributed by atoms with Crippen LogP contribution in [-0.2, 0) is 20.0 Å². The van der Waals surface area contributed by atoms with Crippen LogP contribution < -0.4 is 28.4 Å². The van der Waals surface area contributed by atoms with Crippen LogP contribution >= 0.6 is 31.9 Å². The first-order chi connectivity index (χ1) is 25.9. The predicted octanol–water partition coefficient (Wildman–Crippen LogP) is 5.43. The second-order valence-electron chi connectivity index (χ2n) is 10.6. The SMILES string of the molecule is COc1cc(OC)nc(C(=O)c2cccc(Br)c2NS(=O)(=O)CC(F)(F)F)n1.COc1cc(OC)nc(C(O)c2cccc(Br)c2NS(=O)(=O)CC(F)(F)F)n1. The number of aromatic nitrogens is 4. The van der Waals surface area contributed by atoms with Crippen LogP contribution in [0.5, 0.6) is 23.5 Å². The van der Waals surface area contributed by atoms with E-state index < -0.39 is 61.6 Å². The van der Waals surface area contributed by atoms with Gasteiger partial charge in [0.1, 0.15) is 6.10 Å². The number of alkyl halides is 6. The molecule has 0 fully saturated rings. The summed E-state index contributed by atoms with van der Waals surface area (Å²) in [5, 5.41) is 10.7. The van der Waals surface area contributed by atoms with Crippen molar-refractivity contribution >= 4 is 69.1 Å². The molecule has 2 aromatic carbocycles. The summed E-state index contributed by atoms with van der Waals surface area (Å²) in [6.45, 7) is 0. The molecule has 1 unspecified atom stereocenters. The number of para-hydroxylation sites is 2. The zero-order chi connectivity index (χ0) is 42.2. The van der Waals surface area contributed by atoms with E-state index in [0.717, 1.165) is 0 Å². The molecular formula is C30H28Br2F6N6O10S2. The van der Waals surface area contributed by atoms with E-state index >= 15 is 0 Å². The van der Waals surface area contributed by atoms with E-state index in [2.05, 4.69) is 51.8 Å². The summed E-state index contributed by atoms with van der Waals surface area (Å²) in [4.78, 5) is 28.5. The highest BCUT2D eigenvalue weighted by Gasteiger charge is 2.37. The molecule has 0 radical (unpaired) electrons. The number of carbonyl (C=O) groups is 1. The number of aliphatic hydroxyl groups is 1. The number of aliphatic hydroxyl groups excluding tert-OH is 1. The lowest BCUT2D eigenvalue weighted by Crippen LogP contribution is -2.28. The first kappa shape index (κ1) is 45.9. The Morgan fingerprint density at radius 2 is 1.09 bits per heavy atom. The minimum Gasteiger partial charge on any atom is -0.481 e. The Morgan fingerprint density at radius 1 is 0.696 bits per heavy atom. The second kappa shape index (κ2) is 18.6. The number of hydrogen-bond acceptors (Lipinski definition) is 14. The van der Waals surface area contributed by atoms with Crippen LogP contribution in [0.2, 0.25) is 0 Å². The van der Waals surface area contributed by atoms with Crippen molar-refractivity contribution in [3.05, 3.63) is 80.3 Å². The number of nitrogens with zero attached hydrogens (tertiary/aromatic N) is 4. The second-order valence-corrected chi connectivity index (χ2v) is 15.8. The average Bonchev–Trinajstić information content (AvgIpc) is 3.10. The van der Waals surface area contributed by atoms with Crippen molar-refractivity contribution in [3.63, 3.8) is 0 Å². The number of ether oxygens (including phenoxy) is 4. The number of benzene rings is 2. The third-order valence-electron chi connectivity index (χ3n) is 6.48. The van der Waals surface area contributed by atoms with Gasteiger partial charge in [-0.2, -0.15) is 46.3 Å². The van der Waals surface area contributed by atoms with Gasteiger partial charge in [0.25, 0.3) is 0 Å². The fraction of sp³-hybridized carbons (Fsp3) is 0.300. The van der Waals surface area contributed by atoms with Crippen LogP contribution in [0.1, 0.15) is 33.7 Å². The van der Waals surface area contributed by atoms with Crippen molar-refractivity contribution in [1.29, 1.82) is 0 Å². The third kappa shape index (κ3) is 13.3. The molecule has 0 spiro atoms. The van der Waals surface area contributed by atoms with Gasteiger partial charge in [-0.3, -0.25) is 14.2 Å². The van der Waals surface area contributed by atoms with Crippen LogP contribution in [0.3, 0.4) is 0 Å². The topological polar surface area (TPSA) is 218 Å². The molecule has 0 aliphatic carbocycles. The Hall–Kier alpha value is -4.53. The number of anilines is 2. The molecule has 0 amide bonds. The van der Waals surface area contributed by atoms with Crippen LogP contribution in [-0.4, -0.2) is 100.0 Å². The van der Waals surface area contributed by atoms with Gasteiger partial charge in [0, 0.05) is 14.5 Å². The predicted molar refractivity (Wildman–Crippen MR) is 193 cm³/mol. The number of hydrogen-bond donors (Lipinski definition) is 3. The van der Waals surface area contributed by atoms with E-state index in [1.165, 1.54) is 77.0 Å². The number of ketones is 1. The quantitative estimate of drug-likeness (QED) is 0.106. The zero-order valence-corrected chi connectivity index (χ0v) is 33.7. The molecule has 4 rings (SSSR count). The minimum atomic E-state index is -4.96. The molecular weight excluding hydrogens is 942 g/mol. The van der Waals surface area contributed by atoms with Gasteiger partial charge in [-0.05, 0) is 50.1 Å². The largest absolute Gasteiger partial charge is 0.481 e. The molecule has 0 aliphatic heterocycles. The van der Waals surface area contributed by atoms with E-state index in [4.69, 9.17) is 18.9 Å². The van der Waals surface area contributed by atoms with E-state index in [0.29, 0.717) is 0 Å². The Morgan fingerprint density at radius 3 is 1.52 bits per heavy atom. The maximum Gasteiger partial charge on any atom is 0.404 e. The first-order valence-electron chi connectivity index (χ1n) is 14.8. The average molecular weight is 971 g/mol. The molecule has 56 heavy (non-hydrogen) atoms. The smallest absolute Gasteiger partial charge is 0.404 e. The molecule has 306 valence electrons. The molecule has 0 saturated heterocycles. The maximum absolute atomic E-state index is 12.8. The number of methoxy groups -OCH3 is 4. The summed E-state index contributed by atoms with van der Waals surface area (Å²) in [7, 11) is -4.36. The number of halogens is 8. The van der Waals surface area contributed by atoms with Crippen molar-refractivity contribution in [2.75, 3.05) is 49.4 Å². The van der Waals surface area contributed by atoms with Gasteiger partial charge in [0.05, 0.1) is 57.5 Å². The lowest BCUT2D eigenvalue weighted by Gasteiger charge is -2.18. The molecule has 26 heteroatoms. The van der Waals surface area contributed by atoms with Crippen LogP contribution in [0, 0.1) is 0 Å². The Balaban J connectivity index is 0.000000300. The fourth-order valence-corrected chi connectivity index (χ4v) is 7.52.